The Morgan fingerprint density at radius 2 is 0.852 bits per heavy atom. The van der Waals surface area contributed by atoms with Gasteiger partial charge in [-0.3, -0.25) is 0 Å². The third-order valence-corrected chi connectivity index (χ3v) is 4.02. The van der Waals surface area contributed by atoms with Crippen LogP contribution in [0.25, 0.3) is 44.7 Å². The standard InChI is InChI=1S/C18H10O9/c19-6-1-8(21)14-11(3-6)26-17-13(24-14)5-10(23)16-18(17)27-15-9(22)2-7(20)4-12(15)25-16/h1-5,19-23H. The zero-order chi connectivity index (χ0) is 18.9. The third-order valence-electron chi connectivity index (χ3n) is 4.02. The van der Waals surface area contributed by atoms with E-state index in [0.717, 1.165) is 12.1 Å². The quantitative estimate of drug-likeness (QED) is 0.198. The second-order valence-corrected chi connectivity index (χ2v) is 5.87. The molecule has 0 aliphatic carbocycles. The van der Waals surface area contributed by atoms with Crippen molar-refractivity contribution in [2.45, 2.75) is 0 Å². The molecule has 0 saturated carbocycles. The van der Waals surface area contributed by atoms with Crippen molar-refractivity contribution in [3.05, 3.63) is 30.3 Å². The van der Waals surface area contributed by atoms with E-state index in [1.165, 1.54) is 18.2 Å². The van der Waals surface area contributed by atoms with Crippen LogP contribution in [0.2, 0.25) is 0 Å². The first-order chi connectivity index (χ1) is 12.9. The van der Waals surface area contributed by atoms with Gasteiger partial charge in [0.25, 0.3) is 0 Å². The van der Waals surface area contributed by atoms with Gasteiger partial charge in [-0.15, -0.1) is 0 Å². The molecule has 0 aliphatic heterocycles. The molecule has 0 bridgehead atoms. The number of aromatic hydroxyl groups is 5. The normalized spacial score (nSPS) is 11.7. The molecule has 5 aromatic rings. The number of phenols is 5. The summed E-state index contributed by atoms with van der Waals surface area (Å²) in [5.41, 5.74) is -0.344. The van der Waals surface area contributed by atoms with Gasteiger partial charge < -0.3 is 43.2 Å². The summed E-state index contributed by atoms with van der Waals surface area (Å²) in [6.07, 6.45) is 0. The molecule has 5 rings (SSSR count). The summed E-state index contributed by atoms with van der Waals surface area (Å²) < 4.78 is 22.4. The van der Waals surface area contributed by atoms with Crippen LogP contribution in [0.15, 0.2) is 48.0 Å². The first-order valence-electron chi connectivity index (χ1n) is 7.64. The second-order valence-electron chi connectivity index (χ2n) is 5.87. The van der Waals surface area contributed by atoms with Crippen LogP contribution in [-0.4, -0.2) is 25.5 Å². The minimum Gasteiger partial charge on any atom is -0.508 e. The average molecular weight is 370 g/mol. The Hall–Kier alpha value is -4.14. The van der Waals surface area contributed by atoms with Crippen LogP contribution in [0.5, 0.6) is 28.7 Å². The smallest absolute Gasteiger partial charge is 0.220 e. The van der Waals surface area contributed by atoms with E-state index in [-0.39, 0.29) is 73.4 Å². The van der Waals surface area contributed by atoms with Gasteiger partial charge in [-0.1, -0.05) is 0 Å². The lowest BCUT2D eigenvalue weighted by Gasteiger charge is -2.08. The van der Waals surface area contributed by atoms with Crippen LogP contribution < -0.4 is 0 Å². The van der Waals surface area contributed by atoms with E-state index < -0.39 is 0 Å². The molecule has 0 amide bonds. The number of hydrogen-bond donors (Lipinski definition) is 5. The van der Waals surface area contributed by atoms with E-state index in [9.17, 15) is 25.5 Å². The van der Waals surface area contributed by atoms with E-state index >= 15 is 0 Å². The van der Waals surface area contributed by atoms with Crippen molar-refractivity contribution in [3.8, 4) is 28.7 Å². The number of benzene rings is 3. The molecular weight excluding hydrogens is 360 g/mol. The highest BCUT2D eigenvalue weighted by Gasteiger charge is 2.20. The molecule has 27 heavy (non-hydrogen) atoms. The number of phenolic OH excluding ortho intramolecular Hbond substituents is 5. The van der Waals surface area contributed by atoms with Crippen molar-refractivity contribution in [2.24, 2.45) is 0 Å². The van der Waals surface area contributed by atoms with Gasteiger partial charge in [0.2, 0.25) is 27.9 Å². The van der Waals surface area contributed by atoms with Gasteiger partial charge in [0.05, 0.1) is 0 Å². The van der Waals surface area contributed by atoms with E-state index in [1.807, 2.05) is 0 Å². The van der Waals surface area contributed by atoms with Crippen molar-refractivity contribution in [1.29, 1.82) is 0 Å². The van der Waals surface area contributed by atoms with Crippen molar-refractivity contribution in [3.63, 3.8) is 0 Å². The highest BCUT2D eigenvalue weighted by atomic mass is 16.4. The number of hydrogen-bond acceptors (Lipinski definition) is 9. The first-order valence-corrected chi connectivity index (χ1v) is 7.64. The topological polar surface area (TPSA) is 154 Å². The molecule has 0 atom stereocenters. The van der Waals surface area contributed by atoms with Crippen LogP contribution in [0.4, 0.5) is 0 Å². The van der Waals surface area contributed by atoms with Gasteiger partial charge in [-0.05, 0) is 0 Å². The van der Waals surface area contributed by atoms with Crippen molar-refractivity contribution >= 4 is 44.7 Å². The number of rotatable bonds is 0. The number of fused-ring (bicyclic) bond motifs is 5. The zero-order valence-corrected chi connectivity index (χ0v) is 13.3. The maximum Gasteiger partial charge on any atom is 0.220 e. The van der Waals surface area contributed by atoms with Crippen LogP contribution in [-0.2, 0) is 0 Å². The molecule has 0 aliphatic rings. The molecule has 2 heterocycles. The fourth-order valence-corrected chi connectivity index (χ4v) is 2.89. The molecule has 9 nitrogen and oxygen atoms in total. The minimum absolute atomic E-state index is 0.00146. The lowest BCUT2D eigenvalue weighted by atomic mass is 10.2. The Morgan fingerprint density at radius 1 is 0.407 bits per heavy atom. The lowest BCUT2D eigenvalue weighted by molar-refractivity contribution is 0.434. The zero-order valence-electron chi connectivity index (χ0n) is 13.3. The van der Waals surface area contributed by atoms with Gasteiger partial charge in [0.1, 0.15) is 11.5 Å². The van der Waals surface area contributed by atoms with Crippen LogP contribution in [0.3, 0.4) is 0 Å². The van der Waals surface area contributed by atoms with Gasteiger partial charge in [0, 0.05) is 30.3 Å². The summed E-state index contributed by atoms with van der Waals surface area (Å²) in [4.78, 5) is 0. The molecule has 2 aromatic heterocycles. The molecule has 0 saturated heterocycles. The SMILES string of the molecule is Oc1cc(O)c2oc3cc(O)c4oc5cc(O)cc(O)c5oc4c3oc2c1. The van der Waals surface area contributed by atoms with E-state index in [1.54, 1.807) is 0 Å². The summed E-state index contributed by atoms with van der Waals surface area (Å²) in [6.45, 7) is 0. The summed E-state index contributed by atoms with van der Waals surface area (Å²) in [6, 6.07) is 5.77. The molecule has 9 heteroatoms. The lowest BCUT2D eigenvalue weighted by Crippen LogP contribution is -1.84. The van der Waals surface area contributed by atoms with Crippen molar-refractivity contribution in [2.75, 3.05) is 0 Å². The van der Waals surface area contributed by atoms with Crippen molar-refractivity contribution < 1.29 is 43.2 Å². The molecule has 0 unspecified atom stereocenters. The predicted molar refractivity (Wildman–Crippen MR) is 91.5 cm³/mol. The summed E-state index contributed by atoms with van der Waals surface area (Å²) >= 11 is 0. The Labute approximate surface area is 147 Å². The maximum atomic E-state index is 10.3. The van der Waals surface area contributed by atoms with Crippen LogP contribution in [0, 0.1) is 0 Å². The minimum atomic E-state index is -0.389. The van der Waals surface area contributed by atoms with Gasteiger partial charge in [-0.25, -0.2) is 0 Å². The summed E-state index contributed by atoms with van der Waals surface area (Å²) in [5.74, 6) is -1.61. The van der Waals surface area contributed by atoms with E-state index in [0.29, 0.717) is 0 Å². The Morgan fingerprint density at radius 3 is 1.48 bits per heavy atom. The fraction of sp³-hybridized carbons (Fsp3) is 0. The van der Waals surface area contributed by atoms with Gasteiger partial charge in [-0.2, -0.15) is 0 Å². The predicted octanol–water partition coefficient (Wildman–Crippen LogP) is 4.32. The molecule has 0 spiro atoms. The molecular formula is C18H10O9. The highest BCUT2D eigenvalue weighted by Crippen LogP contribution is 2.41. The Kier molecular flexibility index (Phi) is 2.77. The first kappa shape index (κ1) is 15.1. The molecule has 5 N–H and O–H groups in total. The summed E-state index contributed by atoms with van der Waals surface area (Å²) in [5, 5.41) is 49.4. The Balaban J connectivity index is 2.00. The van der Waals surface area contributed by atoms with E-state index in [4.69, 9.17) is 17.7 Å². The molecule has 0 fully saturated rings. The monoisotopic (exact) mass is 370 g/mol. The fourth-order valence-electron chi connectivity index (χ4n) is 2.89. The Bertz CT molecular complexity index is 1430. The van der Waals surface area contributed by atoms with Gasteiger partial charge >= 0.3 is 0 Å². The third kappa shape index (κ3) is 2.11. The van der Waals surface area contributed by atoms with Crippen LogP contribution >= 0.6 is 0 Å². The van der Waals surface area contributed by atoms with E-state index in [2.05, 4.69) is 0 Å². The maximum absolute atomic E-state index is 10.3. The highest BCUT2D eigenvalue weighted by molar-refractivity contribution is 6.02. The van der Waals surface area contributed by atoms with Crippen molar-refractivity contribution in [1.82, 2.24) is 0 Å². The molecule has 136 valence electrons. The van der Waals surface area contributed by atoms with Crippen LogP contribution in [0.1, 0.15) is 0 Å². The van der Waals surface area contributed by atoms with Gasteiger partial charge in [0.15, 0.2) is 34.0 Å². The second kappa shape index (κ2) is 4.94. The molecule has 3 aromatic carbocycles. The molecule has 0 radical (unpaired) electrons. The average Bonchev–Trinajstić information content (AvgIpc) is 2.60. The summed E-state index contributed by atoms with van der Waals surface area (Å²) in [7, 11) is 0. The largest absolute Gasteiger partial charge is 0.508 e.